The molecule has 1 aromatic rings. The van der Waals surface area contributed by atoms with E-state index in [0.717, 1.165) is 25.1 Å². The third-order valence-electron chi connectivity index (χ3n) is 2.30. The van der Waals surface area contributed by atoms with E-state index in [2.05, 4.69) is 4.90 Å². The van der Waals surface area contributed by atoms with Crippen molar-refractivity contribution in [2.24, 2.45) is 0 Å². The zero-order valence-corrected chi connectivity index (χ0v) is 9.30. The van der Waals surface area contributed by atoms with Gasteiger partial charge in [0.1, 0.15) is 0 Å². The van der Waals surface area contributed by atoms with Crippen molar-refractivity contribution in [3.05, 3.63) is 39.9 Å². The maximum absolute atomic E-state index is 10.4. The van der Waals surface area contributed by atoms with Gasteiger partial charge in [0.05, 0.1) is 4.92 Å². The van der Waals surface area contributed by atoms with Gasteiger partial charge < -0.3 is 10.0 Å². The first kappa shape index (κ1) is 12.6. The molecule has 0 bridgehead atoms. The molecule has 0 aliphatic carbocycles. The van der Waals surface area contributed by atoms with E-state index >= 15 is 0 Å². The SMILES string of the molecule is CN(CCCO)Cc1ccc([N+](=O)[O-])cc1. The van der Waals surface area contributed by atoms with E-state index in [4.69, 9.17) is 5.11 Å². The molecule has 5 heteroatoms. The van der Waals surface area contributed by atoms with Crippen molar-refractivity contribution in [3.63, 3.8) is 0 Å². The summed E-state index contributed by atoms with van der Waals surface area (Å²) < 4.78 is 0. The quantitative estimate of drug-likeness (QED) is 0.586. The lowest BCUT2D eigenvalue weighted by molar-refractivity contribution is -0.384. The molecule has 1 N–H and O–H groups in total. The van der Waals surface area contributed by atoms with Gasteiger partial charge in [-0.05, 0) is 19.0 Å². The fraction of sp³-hybridized carbons (Fsp3) is 0.455. The maximum Gasteiger partial charge on any atom is 0.269 e. The zero-order chi connectivity index (χ0) is 12.0. The second-order valence-electron chi connectivity index (χ2n) is 3.74. The van der Waals surface area contributed by atoms with Gasteiger partial charge in [0, 0.05) is 31.8 Å². The Bertz CT molecular complexity index is 338. The summed E-state index contributed by atoms with van der Waals surface area (Å²) in [6.07, 6.45) is 0.740. The van der Waals surface area contributed by atoms with Crippen LogP contribution in [0.1, 0.15) is 12.0 Å². The normalized spacial score (nSPS) is 10.7. The molecule has 0 unspecified atom stereocenters. The largest absolute Gasteiger partial charge is 0.396 e. The van der Waals surface area contributed by atoms with Crippen LogP contribution in [-0.2, 0) is 6.54 Å². The molecule has 0 aliphatic heterocycles. The highest BCUT2D eigenvalue weighted by Crippen LogP contribution is 2.12. The average Bonchev–Trinajstić information content (AvgIpc) is 2.27. The lowest BCUT2D eigenvalue weighted by atomic mass is 10.2. The van der Waals surface area contributed by atoms with Gasteiger partial charge in [-0.15, -0.1) is 0 Å². The maximum atomic E-state index is 10.4. The first-order chi connectivity index (χ1) is 7.63. The van der Waals surface area contributed by atoms with Crippen LogP contribution in [0.15, 0.2) is 24.3 Å². The highest BCUT2D eigenvalue weighted by Gasteiger charge is 2.05. The van der Waals surface area contributed by atoms with Gasteiger partial charge in [0.15, 0.2) is 0 Å². The third-order valence-corrected chi connectivity index (χ3v) is 2.30. The molecule has 0 aromatic heterocycles. The zero-order valence-electron chi connectivity index (χ0n) is 9.30. The number of nitro benzene ring substituents is 1. The molecular weight excluding hydrogens is 208 g/mol. The van der Waals surface area contributed by atoms with Crippen LogP contribution < -0.4 is 0 Å². The van der Waals surface area contributed by atoms with Crippen LogP contribution in [0.5, 0.6) is 0 Å². The Morgan fingerprint density at radius 3 is 2.50 bits per heavy atom. The molecule has 0 fully saturated rings. The van der Waals surface area contributed by atoms with Crippen LogP contribution >= 0.6 is 0 Å². The minimum atomic E-state index is -0.404. The highest BCUT2D eigenvalue weighted by molar-refractivity contribution is 5.32. The molecule has 16 heavy (non-hydrogen) atoms. The van der Waals surface area contributed by atoms with E-state index in [1.165, 1.54) is 12.1 Å². The molecule has 0 saturated heterocycles. The van der Waals surface area contributed by atoms with Crippen molar-refractivity contribution < 1.29 is 10.0 Å². The standard InChI is InChI=1S/C11H16N2O3/c1-12(7-2-8-14)9-10-3-5-11(6-4-10)13(15)16/h3-6,14H,2,7-9H2,1H3. The Morgan fingerprint density at radius 2 is 2.00 bits per heavy atom. The van der Waals surface area contributed by atoms with Gasteiger partial charge in [-0.3, -0.25) is 10.1 Å². The number of rotatable bonds is 6. The number of aliphatic hydroxyl groups excluding tert-OH is 1. The van der Waals surface area contributed by atoms with E-state index in [-0.39, 0.29) is 12.3 Å². The second kappa shape index (κ2) is 6.19. The number of nitro groups is 1. The number of hydrogen-bond acceptors (Lipinski definition) is 4. The number of non-ortho nitro benzene ring substituents is 1. The summed E-state index contributed by atoms with van der Waals surface area (Å²) in [6.45, 7) is 1.73. The van der Waals surface area contributed by atoms with Crippen LogP contribution in [0.25, 0.3) is 0 Å². The molecule has 0 saturated carbocycles. The molecule has 0 aliphatic rings. The van der Waals surface area contributed by atoms with Gasteiger partial charge in [-0.25, -0.2) is 0 Å². The fourth-order valence-corrected chi connectivity index (χ4v) is 1.45. The average molecular weight is 224 g/mol. The van der Waals surface area contributed by atoms with Gasteiger partial charge in [0.2, 0.25) is 0 Å². The lowest BCUT2D eigenvalue weighted by Crippen LogP contribution is -2.19. The summed E-state index contributed by atoms with van der Waals surface area (Å²) in [5, 5.41) is 19.1. The molecule has 0 spiro atoms. The Kier molecular flexibility index (Phi) is 4.88. The van der Waals surface area contributed by atoms with E-state index < -0.39 is 4.92 Å². The van der Waals surface area contributed by atoms with Crippen LogP contribution in [0.2, 0.25) is 0 Å². The van der Waals surface area contributed by atoms with Crippen LogP contribution in [-0.4, -0.2) is 35.1 Å². The Balaban J connectivity index is 2.51. The fourth-order valence-electron chi connectivity index (χ4n) is 1.45. The summed E-state index contributed by atoms with van der Waals surface area (Å²) in [6, 6.07) is 6.53. The van der Waals surface area contributed by atoms with Crippen LogP contribution in [0.4, 0.5) is 5.69 Å². The lowest BCUT2D eigenvalue weighted by Gasteiger charge is -2.15. The van der Waals surface area contributed by atoms with Crippen molar-refractivity contribution in [1.82, 2.24) is 4.90 Å². The van der Waals surface area contributed by atoms with E-state index in [9.17, 15) is 10.1 Å². The predicted octanol–water partition coefficient (Wildman–Crippen LogP) is 1.41. The van der Waals surface area contributed by atoms with Crippen molar-refractivity contribution in [2.75, 3.05) is 20.2 Å². The number of hydrogen-bond donors (Lipinski definition) is 1. The van der Waals surface area contributed by atoms with Crippen molar-refractivity contribution in [2.45, 2.75) is 13.0 Å². The molecule has 0 radical (unpaired) electrons. The minimum Gasteiger partial charge on any atom is -0.396 e. The van der Waals surface area contributed by atoms with Gasteiger partial charge >= 0.3 is 0 Å². The van der Waals surface area contributed by atoms with Gasteiger partial charge in [0.25, 0.3) is 5.69 Å². The van der Waals surface area contributed by atoms with Gasteiger partial charge in [-0.1, -0.05) is 12.1 Å². The Morgan fingerprint density at radius 1 is 1.38 bits per heavy atom. The number of benzene rings is 1. The summed E-state index contributed by atoms with van der Waals surface area (Å²) in [5.74, 6) is 0. The molecule has 88 valence electrons. The molecule has 0 atom stereocenters. The number of nitrogens with zero attached hydrogens (tertiary/aromatic N) is 2. The van der Waals surface area contributed by atoms with E-state index in [1.54, 1.807) is 12.1 Å². The summed E-state index contributed by atoms with van der Waals surface area (Å²) in [5.41, 5.74) is 1.15. The predicted molar refractivity (Wildman–Crippen MR) is 61.1 cm³/mol. The summed E-state index contributed by atoms with van der Waals surface area (Å²) in [7, 11) is 1.96. The van der Waals surface area contributed by atoms with E-state index in [0.29, 0.717) is 0 Å². The molecule has 0 heterocycles. The topological polar surface area (TPSA) is 66.6 Å². The smallest absolute Gasteiger partial charge is 0.269 e. The first-order valence-corrected chi connectivity index (χ1v) is 5.16. The third kappa shape index (κ3) is 3.96. The number of aliphatic hydroxyl groups is 1. The molecular formula is C11H16N2O3. The summed E-state index contributed by atoms with van der Waals surface area (Å²) in [4.78, 5) is 12.1. The molecule has 5 nitrogen and oxygen atoms in total. The van der Waals surface area contributed by atoms with Gasteiger partial charge in [-0.2, -0.15) is 0 Å². The first-order valence-electron chi connectivity index (χ1n) is 5.16. The van der Waals surface area contributed by atoms with Crippen molar-refractivity contribution >= 4 is 5.69 Å². The Hall–Kier alpha value is -1.46. The molecule has 1 rings (SSSR count). The van der Waals surface area contributed by atoms with Crippen molar-refractivity contribution in [3.8, 4) is 0 Å². The minimum absolute atomic E-state index is 0.113. The van der Waals surface area contributed by atoms with E-state index in [1.807, 2.05) is 7.05 Å². The second-order valence-corrected chi connectivity index (χ2v) is 3.74. The monoisotopic (exact) mass is 224 g/mol. The molecule has 1 aromatic carbocycles. The van der Waals surface area contributed by atoms with Crippen LogP contribution in [0, 0.1) is 10.1 Å². The molecule has 0 amide bonds. The Labute approximate surface area is 94.5 Å². The van der Waals surface area contributed by atoms with Crippen LogP contribution in [0.3, 0.4) is 0 Å². The highest BCUT2D eigenvalue weighted by atomic mass is 16.6. The summed E-state index contributed by atoms with van der Waals surface area (Å²) >= 11 is 0. The van der Waals surface area contributed by atoms with Crippen molar-refractivity contribution in [1.29, 1.82) is 0 Å².